The minimum absolute atomic E-state index is 0.0394. The summed E-state index contributed by atoms with van der Waals surface area (Å²) in [4.78, 5) is 12.5. The highest BCUT2D eigenvalue weighted by atomic mass is 16.2. The number of aryl methyl sites for hydroxylation is 1. The van der Waals surface area contributed by atoms with E-state index in [0.29, 0.717) is 17.4 Å². The van der Waals surface area contributed by atoms with E-state index in [9.17, 15) is 4.79 Å². The van der Waals surface area contributed by atoms with Crippen LogP contribution in [0.5, 0.6) is 0 Å². The molecule has 4 nitrogen and oxygen atoms in total. The minimum Gasteiger partial charge on any atom is -0.324 e. The van der Waals surface area contributed by atoms with E-state index in [-0.39, 0.29) is 11.9 Å². The van der Waals surface area contributed by atoms with Crippen molar-refractivity contribution in [3.63, 3.8) is 0 Å². The van der Waals surface area contributed by atoms with E-state index in [1.165, 1.54) is 12.8 Å². The SMILES string of the molecule is Cc1ccc(C#N)cc1NC(=O)C1NCC2CCCC21. The van der Waals surface area contributed by atoms with Gasteiger partial charge in [-0.15, -0.1) is 0 Å². The smallest absolute Gasteiger partial charge is 0.241 e. The summed E-state index contributed by atoms with van der Waals surface area (Å²) in [6.45, 7) is 2.90. The Morgan fingerprint density at radius 2 is 2.30 bits per heavy atom. The van der Waals surface area contributed by atoms with E-state index in [0.717, 1.165) is 24.2 Å². The summed E-state index contributed by atoms with van der Waals surface area (Å²) in [7, 11) is 0. The van der Waals surface area contributed by atoms with Crippen LogP contribution in [0.2, 0.25) is 0 Å². The third-order valence-electron chi connectivity index (χ3n) is 4.65. The second-order valence-electron chi connectivity index (χ2n) is 5.87. The second kappa shape index (κ2) is 5.26. The Hall–Kier alpha value is -1.86. The number of hydrogen-bond donors (Lipinski definition) is 2. The summed E-state index contributed by atoms with van der Waals surface area (Å²) in [6, 6.07) is 7.41. The molecule has 3 unspecified atom stereocenters. The van der Waals surface area contributed by atoms with Gasteiger partial charge in [-0.05, 0) is 55.8 Å². The predicted molar refractivity (Wildman–Crippen MR) is 77.1 cm³/mol. The van der Waals surface area contributed by atoms with Gasteiger partial charge in [-0.2, -0.15) is 5.26 Å². The van der Waals surface area contributed by atoms with Crippen molar-refractivity contribution < 1.29 is 4.79 Å². The molecule has 1 aliphatic carbocycles. The first kappa shape index (κ1) is 13.1. The molecule has 1 saturated carbocycles. The molecule has 1 saturated heterocycles. The van der Waals surface area contributed by atoms with Crippen LogP contribution in [-0.4, -0.2) is 18.5 Å². The molecule has 0 aromatic heterocycles. The Balaban J connectivity index is 1.75. The van der Waals surface area contributed by atoms with Gasteiger partial charge in [-0.25, -0.2) is 0 Å². The van der Waals surface area contributed by atoms with E-state index in [1.54, 1.807) is 12.1 Å². The van der Waals surface area contributed by atoms with Crippen molar-refractivity contribution in [1.82, 2.24) is 5.32 Å². The number of amides is 1. The molecule has 20 heavy (non-hydrogen) atoms. The number of carbonyl (C=O) groups excluding carboxylic acids is 1. The second-order valence-corrected chi connectivity index (χ2v) is 5.87. The Bertz CT molecular complexity index is 576. The fourth-order valence-corrected chi connectivity index (χ4v) is 3.51. The van der Waals surface area contributed by atoms with E-state index >= 15 is 0 Å². The summed E-state index contributed by atoms with van der Waals surface area (Å²) in [5.74, 6) is 1.18. The molecule has 1 heterocycles. The molecule has 2 fully saturated rings. The minimum atomic E-state index is -0.0763. The summed E-state index contributed by atoms with van der Waals surface area (Å²) >= 11 is 0. The number of anilines is 1. The van der Waals surface area contributed by atoms with Crippen LogP contribution in [0, 0.1) is 30.1 Å². The molecular weight excluding hydrogens is 250 g/mol. The summed E-state index contributed by atoms with van der Waals surface area (Å²) in [5, 5.41) is 15.3. The van der Waals surface area contributed by atoms with Crippen LogP contribution in [0.1, 0.15) is 30.4 Å². The Kier molecular flexibility index (Phi) is 3.45. The Morgan fingerprint density at radius 3 is 3.10 bits per heavy atom. The third-order valence-corrected chi connectivity index (χ3v) is 4.65. The highest BCUT2D eigenvalue weighted by molar-refractivity contribution is 5.96. The van der Waals surface area contributed by atoms with Gasteiger partial charge in [0.2, 0.25) is 5.91 Å². The molecular formula is C16H19N3O. The van der Waals surface area contributed by atoms with Crippen molar-refractivity contribution in [2.75, 3.05) is 11.9 Å². The molecule has 1 aromatic carbocycles. The highest BCUT2D eigenvalue weighted by Gasteiger charge is 2.42. The van der Waals surface area contributed by atoms with Crippen LogP contribution in [0.4, 0.5) is 5.69 Å². The van der Waals surface area contributed by atoms with E-state index < -0.39 is 0 Å². The number of nitrogens with zero attached hydrogens (tertiary/aromatic N) is 1. The standard InChI is InChI=1S/C16H19N3O/c1-10-5-6-11(8-17)7-14(10)19-16(20)15-13-4-2-3-12(13)9-18-15/h5-7,12-13,15,18H,2-4,9H2,1H3,(H,19,20). The zero-order chi connectivity index (χ0) is 14.1. The fourth-order valence-electron chi connectivity index (χ4n) is 3.51. The molecule has 104 valence electrons. The maximum Gasteiger partial charge on any atom is 0.241 e. The van der Waals surface area contributed by atoms with Crippen LogP contribution < -0.4 is 10.6 Å². The lowest BCUT2D eigenvalue weighted by Gasteiger charge is -2.18. The quantitative estimate of drug-likeness (QED) is 0.865. The number of hydrogen-bond acceptors (Lipinski definition) is 3. The Morgan fingerprint density at radius 1 is 1.45 bits per heavy atom. The van der Waals surface area contributed by atoms with Crippen molar-refractivity contribution in [2.45, 2.75) is 32.2 Å². The summed E-state index contributed by atoms with van der Waals surface area (Å²) in [5.41, 5.74) is 2.31. The van der Waals surface area contributed by atoms with Crippen molar-refractivity contribution in [1.29, 1.82) is 5.26 Å². The van der Waals surface area contributed by atoms with Crippen molar-refractivity contribution in [3.8, 4) is 6.07 Å². The zero-order valence-corrected chi connectivity index (χ0v) is 11.6. The van der Waals surface area contributed by atoms with Crippen LogP contribution in [-0.2, 0) is 4.79 Å². The fraction of sp³-hybridized carbons (Fsp3) is 0.500. The van der Waals surface area contributed by atoms with Crippen molar-refractivity contribution >= 4 is 11.6 Å². The van der Waals surface area contributed by atoms with Crippen LogP contribution in [0.3, 0.4) is 0 Å². The van der Waals surface area contributed by atoms with Gasteiger partial charge in [0.25, 0.3) is 0 Å². The summed E-state index contributed by atoms with van der Waals surface area (Å²) in [6.07, 6.45) is 3.63. The average Bonchev–Trinajstić information content (AvgIpc) is 3.03. The molecule has 0 spiro atoms. The largest absolute Gasteiger partial charge is 0.324 e. The normalized spacial score (nSPS) is 27.9. The van der Waals surface area contributed by atoms with Gasteiger partial charge < -0.3 is 10.6 Å². The van der Waals surface area contributed by atoms with Gasteiger partial charge in [-0.1, -0.05) is 12.5 Å². The van der Waals surface area contributed by atoms with Gasteiger partial charge in [0, 0.05) is 5.69 Å². The van der Waals surface area contributed by atoms with Crippen molar-refractivity contribution in [2.24, 2.45) is 11.8 Å². The van der Waals surface area contributed by atoms with Gasteiger partial charge >= 0.3 is 0 Å². The maximum absolute atomic E-state index is 12.5. The molecule has 0 radical (unpaired) electrons. The molecule has 1 aromatic rings. The first-order chi connectivity index (χ1) is 9.69. The lowest BCUT2D eigenvalue weighted by molar-refractivity contribution is -0.118. The molecule has 2 N–H and O–H groups in total. The predicted octanol–water partition coefficient (Wildman–Crippen LogP) is 2.19. The molecule has 1 amide bonds. The number of nitriles is 1. The van der Waals surface area contributed by atoms with Gasteiger partial charge in [0.05, 0.1) is 17.7 Å². The summed E-state index contributed by atoms with van der Waals surface area (Å²) < 4.78 is 0. The van der Waals surface area contributed by atoms with E-state index in [2.05, 4.69) is 16.7 Å². The molecule has 2 aliphatic rings. The first-order valence-corrected chi connectivity index (χ1v) is 7.24. The highest BCUT2D eigenvalue weighted by Crippen LogP contribution is 2.38. The average molecular weight is 269 g/mol. The molecule has 0 bridgehead atoms. The van der Waals surface area contributed by atoms with Crippen LogP contribution in [0.15, 0.2) is 18.2 Å². The van der Waals surface area contributed by atoms with Crippen LogP contribution >= 0.6 is 0 Å². The molecule has 3 rings (SSSR count). The Labute approximate surface area is 119 Å². The van der Waals surface area contributed by atoms with Crippen LogP contribution in [0.25, 0.3) is 0 Å². The monoisotopic (exact) mass is 269 g/mol. The first-order valence-electron chi connectivity index (χ1n) is 7.24. The lowest BCUT2D eigenvalue weighted by atomic mass is 9.93. The number of nitrogens with one attached hydrogen (secondary N) is 2. The van der Waals surface area contributed by atoms with E-state index in [4.69, 9.17) is 5.26 Å². The number of fused-ring (bicyclic) bond motifs is 1. The number of carbonyl (C=O) groups is 1. The van der Waals surface area contributed by atoms with Gasteiger partial charge in [0.1, 0.15) is 0 Å². The number of benzene rings is 1. The van der Waals surface area contributed by atoms with Gasteiger partial charge in [0.15, 0.2) is 0 Å². The van der Waals surface area contributed by atoms with E-state index in [1.807, 2.05) is 13.0 Å². The lowest BCUT2D eigenvalue weighted by Crippen LogP contribution is -2.39. The third kappa shape index (κ3) is 2.30. The zero-order valence-electron chi connectivity index (χ0n) is 11.6. The molecule has 3 atom stereocenters. The topological polar surface area (TPSA) is 64.9 Å². The number of rotatable bonds is 2. The maximum atomic E-state index is 12.5. The molecule has 1 aliphatic heterocycles. The molecule has 4 heteroatoms. The van der Waals surface area contributed by atoms with Crippen molar-refractivity contribution in [3.05, 3.63) is 29.3 Å². The van der Waals surface area contributed by atoms with Gasteiger partial charge in [-0.3, -0.25) is 4.79 Å².